The van der Waals surface area contributed by atoms with Gasteiger partial charge in [0.05, 0.1) is 13.2 Å². The van der Waals surface area contributed by atoms with E-state index in [-0.39, 0.29) is 23.9 Å². The Hall–Kier alpha value is -2.16. The molecule has 0 unspecified atom stereocenters. The van der Waals surface area contributed by atoms with E-state index in [9.17, 15) is 13.2 Å². The maximum atomic E-state index is 12.5. The summed E-state index contributed by atoms with van der Waals surface area (Å²) < 4.78 is 36.7. The van der Waals surface area contributed by atoms with Crippen LogP contribution in [0.2, 0.25) is 0 Å². The largest absolute Gasteiger partial charge is 0.438 e. The average molecular weight is 350 g/mol. The number of morpholine rings is 1. The van der Waals surface area contributed by atoms with Crippen LogP contribution in [-0.4, -0.2) is 44.9 Å². The Kier molecular flexibility index (Phi) is 4.70. The number of ether oxygens (including phenoxy) is 1. The molecule has 0 aliphatic carbocycles. The van der Waals surface area contributed by atoms with Crippen LogP contribution in [0.3, 0.4) is 0 Å². The minimum atomic E-state index is -3.75. The molecular formula is C16H18N2O5S. The summed E-state index contributed by atoms with van der Waals surface area (Å²) in [6, 6.07) is 9.96. The fraction of sp³-hybridized carbons (Fsp3) is 0.312. The van der Waals surface area contributed by atoms with E-state index in [1.165, 1.54) is 16.4 Å². The third-order valence-electron chi connectivity index (χ3n) is 3.65. The molecule has 2 aromatic rings. The number of benzene rings is 1. The van der Waals surface area contributed by atoms with Gasteiger partial charge >= 0.3 is 0 Å². The number of carbonyl (C=O) groups is 1. The predicted molar refractivity (Wildman–Crippen MR) is 87.4 cm³/mol. The minimum Gasteiger partial charge on any atom is -0.438 e. The fourth-order valence-electron chi connectivity index (χ4n) is 2.41. The monoisotopic (exact) mass is 350 g/mol. The number of nitrogens with zero attached hydrogens (tertiary/aromatic N) is 1. The van der Waals surface area contributed by atoms with E-state index >= 15 is 0 Å². The minimum absolute atomic E-state index is 0.0525. The van der Waals surface area contributed by atoms with Crippen molar-refractivity contribution in [1.82, 2.24) is 4.31 Å². The number of nitrogens with one attached hydrogen (secondary N) is 1. The highest BCUT2D eigenvalue weighted by atomic mass is 32.2. The third kappa shape index (κ3) is 3.50. The van der Waals surface area contributed by atoms with E-state index in [0.29, 0.717) is 18.9 Å². The lowest BCUT2D eigenvalue weighted by atomic mass is 10.2. The normalized spacial score (nSPS) is 16.0. The van der Waals surface area contributed by atoms with E-state index in [4.69, 9.17) is 9.15 Å². The van der Waals surface area contributed by atoms with E-state index in [1.54, 1.807) is 6.07 Å². The molecule has 1 aromatic carbocycles. The van der Waals surface area contributed by atoms with Crippen LogP contribution < -0.4 is 5.32 Å². The van der Waals surface area contributed by atoms with Crippen molar-refractivity contribution < 1.29 is 22.4 Å². The topological polar surface area (TPSA) is 88.9 Å². The van der Waals surface area contributed by atoms with E-state index in [0.717, 1.165) is 5.56 Å². The maximum absolute atomic E-state index is 12.5. The van der Waals surface area contributed by atoms with Gasteiger partial charge in [-0.1, -0.05) is 12.1 Å². The van der Waals surface area contributed by atoms with Gasteiger partial charge in [0.25, 0.3) is 15.9 Å². The third-order valence-corrected chi connectivity index (χ3v) is 5.42. The zero-order valence-electron chi connectivity index (χ0n) is 13.2. The Bertz CT molecular complexity index is 838. The molecule has 1 aromatic heterocycles. The molecule has 1 aliphatic heterocycles. The van der Waals surface area contributed by atoms with Gasteiger partial charge in [0.1, 0.15) is 0 Å². The highest BCUT2D eigenvalue weighted by Gasteiger charge is 2.30. The number of aryl methyl sites for hydroxylation is 1. The van der Waals surface area contributed by atoms with Crippen LogP contribution in [0.1, 0.15) is 16.1 Å². The van der Waals surface area contributed by atoms with Crippen molar-refractivity contribution >= 4 is 21.6 Å². The van der Waals surface area contributed by atoms with Gasteiger partial charge < -0.3 is 14.5 Å². The number of rotatable bonds is 4. The van der Waals surface area contributed by atoms with Crippen LogP contribution in [-0.2, 0) is 14.8 Å². The summed E-state index contributed by atoms with van der Waals surface area (Å²) in [6.07, 6.45) is 0. The van der Waals surface area contributed by atoms with Gasteiger partial charge in [-0.3, -0.25) is 4.79 Å². The van der Waals surface area contributed by atoms with E-state index < -0.39 is 15.9 Å². The molecule has 1 fully saturated rings. The van der Waals surface area contributed by atoms with Crippen LogP contribution in [0, 0.1) is 6.92 Å². The Morgan fingerprint density at radius 2 is 1.92 bits per heavy atom. The lowest BCUT2D eigenvalue weighted by Crippen LogP contribution is -2.40. The molecule has 1 aliphatic rings. The summed E-state index contributed by atoms with van der Waals surface area (Å²) in [5.41, 5.74) is 1.62. The molecule has 7 nitrogen and oxygen atoms in total. The van der Waals surface area contributed by atoms with Gasteiger partial charge in [-0.2, -0.15) is 4.31 Å². The molecule has 24 heavy (non-hydrogen) atoms. The van der Waals surface area contributed by atoms with Gasteiger partial charge in [-0.25, -0.2) is 8.42 Å². The van der Waals surface area contributed by atoms with Crippen molar-refractivity contribution in [3.63, 3.8) is 0 Å². The first-order valence-corrected chi connectivity index (χ1v) is 8.96. The van der Waals surface area contributed by atoms with Gasteiger partial charge in [0.15, 0.2) is 5.76 Å². The molecule has 128 valence electrons. The number of anilines is 1. The Labute approximate surface area is 140 Å². The molecule has 0 spiro atoms. The molecule has 0 radical (unpaired) electrons. The predicted octanol–water partition coefficient (Wildman–Crippen LogP) is 1.86. The first kappa shape index (κ1) is 16.7. The van der Waals surface area contributed by atoms with Crippen molar-refractivity contribution in [3.05, 3.63) is 47.7 Å². The molecule has 2 heterocycles. The van der Waals surface area contributed by atoms with E-state index in [1.807, 2.05) is 25.1 Å². The van der Waals surface area contributed by atoms with Gasteiger partial charge in [-0.15, -0.1) is 0 Å². The lowest BCUT2D eigenvalue weighted by Gasteiger charge is -2.24. The molecule has 0 bridgehead atoms. The van der Waals surface area contributed by atoms with Crippen molar-refractivity contribution in [2.45, 2.75) is 12.0 Å². The van der Waals surface area contributed by atoms with Crippen molar-refractivity contribution in [2.24, 2.45) is 0 Å². The maximum Gasteiger partial charge on any atom is 0.291 e. The molecule has 8 heteroatoms. The highest BCUT2D eigenvalue weighted by molar-refractivity contribution is 7.89. The number of furan rings is 1. The molecular weight excluding hydrogens is 332 g/mol. The number of amides is 1. The number of sulfonamides is 1. The van der Waals surface area contributed by atoms with Gasteiger partial charge in [0.2, 0.25) is 5.09 Å². The Balaban J connectivity index is 1.76. The van der Waals surface area contributed by atoms with Crippen LogP contribution in [0.5, 0.6) is 0 Å². The molecule has 1 amide bonds. The SMILES string of the molecule is Cc1cccc(NC(=O)c2ccc(S(=O)(=O)N3CCOCC3)o2)c1. The molecule has 3 rings (SSSR count). The van der Waals surface area contributed by atoms with Crippen LogP contribution >= 0.6 is 0 Å². The second kappa shape index (κ2) is 6.76. The molecule has 0 atom stereocenters. The zero-order valence-corrected chi connectivity index (χ0v) is 14.0. The summed E-state index contributed by atoms with van der Waals surface area (Å²) in [6.45, 7) is 3.15. The molecule has 0 saturated carbocycles. The number of hydrogen-bond acceptors (Lipinski definition) is 5. The summed E-state index contributed by atoms with van der Waals surface area (Å²) in [5, 5.41) is 2.45. The summed E-state index contributed by atoms with van der Waals surface area (Å²) in [5.74, 6) is -0.549. The first-order chi connectivity index (χ1) is 11.5. The lowest BCUT2D eigenvalue weighted by molar-refractivity contribution is 0.0723. The summed E-state index contributed by atoms with van der Waals surface area (Å²) in [4.78, 5) is 12.2. The summed E-state index contributed by atoms with van der Waals surface area (Å²) in [7, 11) is -3.75. The van der Waals surface area contributed by atoms with Crippen molar-refractivity contribution in [1.29, 1.82) is 0 Å². The number of carbonyl (C=O) groups excluding carboxylic acids is 1. The number of hydrogen-bond donors (Lipinski definition) is 1. The Morgan fingerprint density at radius 3 is 2.62 bits per heavy atom. The van der Waals surface area contributed by atoms with Crippen LogP contribution in [0.25, 0.3) is 0 Å². The molecule has 1 N–H and O–H groups in total. The fourth-order valence-corrected chi connectivity index (χ4v) is 3.73. The van der Waals surface area contributed by atoms with Crippen LogP contribution in [0.15, 0.2) is 45.9 Å². The first-order valence-electron chi connectivity index (χ1n) is 7.52. The second-order valence-corrected chi connectivity index (χ2v) is 7.33. The highest BCUT2D eigenvalue weighted by Crippen LogP contribution is 2.21. The van der Waals surface area contributed by atoms with Crippen molar-refractivity contribution in [2.75, 3.05) is 31.6 Å². The Morgan fingerprint density at radius 1 is 1.17 bits per heavy atom. The smallest absolute Gasteiger partial charge is 0.291 e. The summed E-state index contributed by atoms with van der Waals surface area (Å²) >= 11 is 0. The zero-order chi connectivity index (χ0) is 17.2. The average Bonchev–Trinajstić information content (AvgIpc) is 3.07. The van der Waals surface area contributed by atoms with Gasteiger partial charge in [-0.05, 0) is 36.8 Å². The van der Waals surface area contributed by atoms with E-state index in [2.05, 4.69) is 5.32 Å². The standard InChI is InChI=1S/C16H18N2O5S/c1-12-3-2-4-13(11-12)17-16(19)14-5-6-15(23-14)24(20,21)18-7-9-22-10-8-18/h2-6,11H,7-10H2,1H3,(H,17,19). The second-order valence-electron chi connectivity index (χ2n) is 5.46. The van der Waals surface area contributed by atoms with Crippen molar-refractivity contribution in [3.8, 4) is 0 Å². The quantitative estimate of drug-likeness (QED) is 0.909. The van der Waals surface area contributed by atoms with Gasteiger partial charge in [0, 0.05) is 18.8 Å². The van der Waals surface area contributed by atoms with Crippen LogP contribution in [0.4, 0.5) is 5.69 Å². The molecule has 1 saturated heterocycles.